The maximum absolute atomic E-state index is 12.3. The SMILES string of the molecule is CC(C)(CCC(=O)O)NC(=O)c1ccn(-c2ccc([N+](=O)[O-])cc2)n1. The van der Waals surface area contributed by atoms with Crippen molar-refractivity contribution in [3.05, 3.63) is 52.3 Å². The van der Waals surface area contributed by atoms with Crippen LogP contribution in [0.2, 0.25) is 0 Å². The van der Waals surface area contributed by atoms with E-state index in [9.17, 15) is 19.7 Å². The van der Waals surface area contributed by atoms with E-state index in [-0.39, 0.29) is 24.2 Å². The molecule has 0 radical (unpaired) electrons. The molecular weight excluding hydrogens is 328 g/mol. The van der Waals surface area contributed by atoms with Crippen LogP contribution >= 0.6 is 0 Å². The molecule has 1 aromatic carbocycles. The number of rotatable bonds is 7. The highest BCUT2D eigenvalue weighted by atomic mass is 16.6. The van der Waals surface area contributed by atoms with Crippen LogP contribution in [-0.4, -0.2) is 37.2 Å². The van der Waals surface area contributed by atoms with Gasteiger partial charge in [-0.15, -0.1) is 0 Å². The maximum atomic E-state index is 12.3. The number of hydrogen-bond acceptors (Lipinski definition) is 5. The topological polar surface area (TPSA) is 127 Å². The molecule has 9 nitrogen and oxygen atoms in total. The standard InChI is InChI=1S/C16H18N4O5/c1-16(2,9-7-14(21)22)17-15(23)13-8-10-19(18-13)11-3-5-12(6-4-11)20(24)25/h3-6,8,10H,7,9H2,1-2H3,(H,17,23)(H,21,22). The van der Waals surface area contributed by atoms with E-state index in [2.05, 4.69) is 10.4 Å². The maximum Gasteiger partial charge on any atom is 0.303 e. The number of hydrogen-bond donors (Lipinski definition) is 2. The summed E-state index contributed by atoms with van der Waals surface area (Å²) in [5.74, 6) is -1.35. The normalized spacial score (nSPS) is 11.1. The van der Waals surface area contributed by atoms with Crippen molar-refractivity contribution in [1.82, 2.24) is 15.1 Å². The molecule has 132 valence electrons. The number of carboxylic acids is 1. The third kappa shape index (κ3) is 4.87. The lowest BCUT2D eigenvalue weighted by atomic mass is 9.98. The van der Waals surface area contributed by atoms with Gasteiger partial charge >= 0.3 is 5.97 Å². The zero-order chi connectivity index (χ0) is 18.6. The van der Waals surface area contributed by atoms with Gasteiger partial charge in [-0.25, -0.2) is 4.68 Å². The van der Waals surface area contributed by atoms with Crippen molar-refractivity contribution in [2.45, 2.75) is 32.2 Å². The summed E-state index contributed by atoms with van der Waals surface area (Å²) in [6.07, 6.45) is 1.81. The highest BCUT2D eigenvalue weighted by molar-refractivity contribution is 5.92. The van der Waals surface area contributed by atoms with Crippen LogP contribution in [0.5, 0.6) is 0 Å². The molecular formula is C16H18N4O5. The van der Waals surface area contributed by atoms with Gasteiger partial charge in [0.2, 0.25) is 0 Å². The van der Waals surface area contributed by atoms with E-state index in [1.165, 1.54) is 35.0 Å². The summed E-state index contributed by atoms with van der Waals surface area (Å²) in [6, 6.07) is 7.29. The summed E-state index contributed by atoms with van der Waals surface area (Å²) in [5, 5.41) is 26.3. The van der Waals surface area contributed by atoms with Crippen LogP contribution in [0.15, 0.2) is 36.5 Å². The van der Waals surface area contributed by atoms with E-state index in [0.717, 1.165) is 0 Å². The van der Waals surface area contributed by atoms with Crippen molar-refractivity contribution in [2.75, 3.05) is 0 Å². The number of carbonyl (C=O) groups is 2. The Labute approximate surface area is 143 Å². The molecule has 1 aromatic heterocycles. The lowest BCUT2D eigenvalue weighted by molar-refractivity contribution is -0.384. The van der Waals surface area contributed by atoms with Crippen molar-refractivity contribution < 1.29 is 19.6 Å². The highest BCUT2D eigenvalue weighted by Gasteiger charge is 2.23. The molecule has 0 bridgehead atoms. The monoisotopic (exact) mass is 346 g/mol. The van der Waals surface area contributed by atoms with Crippen molar-refractivity contribution in [1.29, 1.82) is 0 Å². The van der Waals surface area contributed by atoms with Gasteiger partial charge in [0.1, 0.15) is 0 Å². The van der Waals surface area contributed by atoms with Crippen LogP contribution < -0.4 is 5.32 Å². The number of nitro benzene ring substituents is 1. The van der Waals surface area contributed by atoms with Crippen LogP contribution in [0.4, 0.5) is 5.69 Å². The molecule has 0 fully saturated rings. The Morgan fingerprint density at radius 3 is 2.48 bits per heavy atom. The third-order valence-electron chi connectivity index (χ3n) is 3.56. The lowest BCUT2D eigenvalue weighted by Gasteiger charge is -2.25. The molecule has 0 saturated heterocycles. The number of carboxylic acid groups (broad SMARTS) is 1. The van der Waals surface area contributed by atoms with Gasteiger partial charge < -0.3 is 10.4 Å². The molecule has 0 atom stereocenters. The Balaban J connectivity index is 2.08. The number of carbonyl (C=O) groups excluding carboxylic acids is 1. The first kappa shape index (κ1) is 18.1. The molecule has 0 aliphatic carbocycles. The van der Waals surface area contributed by atoms with Gasteiger partial charge in [-0.2, -0.15) is 5.10 Å². The van der Waals surface area contributed by atoms with Crippen molar-refractivity contribution in [2.24, 2.45) is 0 Å². The van der Waals surface area contributed by atoms with E-state index in [0.29, 0.717) is 5.69 Å². The van der Waals surface area contributed by atoms with Gasteiger partial charge in [0, 0.05) is 30.3 Å². The minimum absolute atomic E-state index is 0.0333. The molecule has 0 aliphatic rings. The Morgan fingerprint density at radius 2 is 1.92 bits per heavy atom. The fourth-order valence-corrected chi connectivity index (χ4v) is 2.17. The molecule has 2 aromatic rings. The van der Waals surface area contributed by atoms with E-state index in [1.54, 1.807) is 20.0 Å². The Bertz CT molecular complexity index is 795. The number of nitrogens with zero attached hydrogens (tertiary/aromatic N) is 3. The first-order valence-electron chi connectivity index (χ1n) is 7.53. The number of nitrogens with one attached hydrogen (secondary N) is 1. The van der Waals surface area contributed by atoms with Gasteiger partial charge in [-0.3, -0.25) is 19.7 Å². The van der Waals surface area contributed by atoms with Crippen LogP contribution in [0, 0.1) is 10.1 Å². The average molecular weight is 346 g/mol. The Hall–Kier alpha value is -3.23. The lowest BCUT2D eigenvalue weighted by Crippen LogP contribution is -2.43. The van der Waals surface area contributed by atoms with E-state index < -0.39 is 22.3 Å². The van der Waals surface area contributed by atoms with E-state index in [1.807, 2.05) is 0 Å². The number of nitro groups is 1. The predicted octanol–water partition coefficient (Wildman–Crippen LogP) is 2.15. The summed E-state index contributed by atoms with van der Waals surface area (Å²) in [6.45, 7) is 3.47. The molecule has 0 unspecified atom stereocenters. The molecule has 0 saturated carbocycles. The Kier molecular flexibility index (Phi) is 5.16. The summed E-state index contributed by atoms with van der Waals surface area (Å²) in [7, 11) is 0. The summed E-state index contributed by atoms with van der Waals surface area (Å²) >= 11 is 0. The molecule has 1 heterocycles. The second kappa shape index (κ2) is 7.12. The van der Waals surface area contributed by atoms with E-state index >= 15 is 0 Å². The van der Waals surface area contributed by atoms with Crippen molar-refractivity contribution in [3.63, 3.8) is 0 Å². The third-order valence-corrected chi connectivity index (χ3v) is 3.56. The number of aromatic nitrogens is 2. The minimum atomic E-state index is -0.926. The van der Waals surface area contributed by atoms with Crippen LogP contribution in [0.1, 0.15) is 37.2 Å². The van der Waals surface area contributed by atoms with Gasteiger partial charge in [-0.1, -0.05) is 0 Å². The fraction of sp³-hybridized carbons (Fsp3) is 0.312. The van der Waals surface area contributed by atoms with Gasteiger partial charge in [0.05, 0.1) is 10.6 Å². The molecule has 1 amide bonds. The number of amides is 1. The summed E-state index contributed by atoms with van der Waals surface area (Å²) in [4.78, 5) is 33.1. The molecule has 9 heteroatoms. The van der Waals surface area contributed by atoms with Gasteiger partial charge in [0.25, 0.3) is 11.6 Å². The van der Waals surface area contributed by atoms with Crippen molar-refractivity contribution in [3.8, 4) is 5.69 Å². The molecule has 2 N–H and O–H groups in total. The Morgan fingerprint density at radius 1 is 1.28 bits per heavy atom. The number of benzene rings is 1. The highest BCUT2D eigenvalue weighted by Crippen LogP contribution is 2.16. The second-order valence-electron chi connectivity index (χ2n) is 6.15. The minimum Gasteiger partial charge on any atom is -0.481 e. The summed E-state index contributed by atoms with van der Waals surface area (Å²) < 4.78 is 1.43. The summed E-state index contributed by atoms with van der Waals surface area (Å²) in [5.41, 5.74) is 0.0256. The zero-order valence-corrected chi connectivity index (χ0v) is 13.8. The average Bonchev–Trinajstić information content (AvgIpc) is 3.03. The predicted molar refractivity (Wildman–Crippen MR) is 88.6 cm³/mol. The van der Waals surface area contributed by atoms with Crippen LogP contribution in [0.3, 0.4) is 0 Å². The first-order valence-corrected chi connectivity index (χ1v) is 7.53. The van der Waals surface area contributed by atoms with E-state index in [4.69, 9.17) is 5.11 Å². The zero-order valence-electron chi connectivity index (χ0n) is 13.8. The van der Waals surface area contributed by atoms with Gasteiger partial charge in [-0.05, 0) is 38.5 Å². The second-order valence-corrected chi connectivity index (χ2v) is 6.15. The van der Waals surface area contributed by atoms with Crippen LogP contribution in [-0.2, 0) is 4.79 Å². The molecule has 0 aliphatic heterocycles. The number of aliphatic carboxylic acids is 1. The fourth-order valence-electron chi connectivity index (χ4n) is 2.17. The molecule has 2 rings (SSSR count). The smallest absolute Gasteiger partial charge is 0.303 e. The molecule has 0 spiro atoms. The largest absolute Gasteiger partial charge is 0.481 e. The molecule has 25 heavy (non-hydrogen) atoms. The number of non-ortho nitro benzene ring substituents is 1. The van der Waals surface area contributed by atoms with Crippen LogP contribution in [0.25, 0.3) is 5.69 Å². The van der Waals surface area contributed by atoms with Crippen molar-refractivity contribution >= 4 is 17.6 Å². The first-order chi connectivity index (χ1) is 11.7. The van der Waals surface area contributed by atoms with Gasteiger partial charge in [0.15, 0.2) is 5.69 Å². The quantitative estimate of drug-likeness (QED) is 0.584.